The summed E-state index contributed by atoms with van der Waals surface area (Å²) in [4.78, 5) is 4.33. The van der Waals surface area contributed by atoms with Gasteiger partial charge < -0.3 is 9.47 Å². The van der Waals surface area contributed by atoms with Crippen molar-refractivity contribution < 1.29 is 9.47 Å². The molecular formula is C17H27NO2. The maximum atomic E-state index is 5.90. The molecule has 1 fully saturated rings. The van der Waals surface area contributed by atoms with E-state index >= 15 is 0 Å². The van der Waals surface area contributed by atoms with Crippen molar-refractivity contribution in [1.29, 1.82) is 0 Å². The van der Waals surface area contributed by atoms with Gasteiger partial charge in [-0.2, -0.15) is 0 Å². The van der Waals surface area contributed by atoms with Crippen molar-refractivity contribution in [1.82, 2.24) is 4.98 Å². The largest absolute Gasteiger partial charge is 0.492 e. The molecule has 0 aromatic carbocycles. The van der Waals surface area contributed by atoms with Crippen molar-refractivity contribution in [2.24, 2.45) is 11.8 Å². The van der Waals surface area contributed by atoms with Crippen LogP contribution < -0.4 is 4.74 Å². The van der Waals surface area contributed by atoms with Gasteiger partial charge >= 0.3 is 0 Å². The number of pyridine rings is 1. The zero-order valence-electron chi connectivity index (χ0n) is 13.0. The van der Waals surface area contributed by atoms with Crippen molar-refractivity contribution in [2.75, 3.05) is 20.3 Å². The van der Waals surface area contributed by atoms with Gasteiger partial charge in [-0.3, -0.25) is 4.98 Å². The summed E-state index contributed by atoms with van der Waals surface area (Å²) in [7, 11) is 1.77. The van der Waals surface area contributed by atoms with E-state index in [0.29, 0.717) is 11.8 Å². The SMILES string of the molecule is CCC(CC)COc1cncc(C2CC2CCOC)c1. The fourth-order valence-corrected chi connectivity index (χ4v) is 2.70. The lowest BCUT2D eigenvalue weighted by molar-refractivity contribution is 0.189. The molecule has 1 aromatic heterocycles. The second-order valence-corrected chi connectivity index (χ2v) is 5.83. The van der Waals surface area contributed by atoms with Crippen LogP contribution in [0.25, 0.3) is 0 Å². The molecule has 1 heterocycles. The van der Waals surface area contributed by atoms with Gasteiger partial charge in [-0.25, -0.2) is 0 Å². The van der Waals surface area contributed by atoms with Crippen LogP contribution in [0.15, 0.2) is 18.5 Å². The molecule has 112 valence electrons. The number of rotatable bonds is 9. The molecule has 0 bridgehead atoms. The Hall–Kier alpha value is -1.09. The van der Waals surface area contributed by atoms with Crippen LogP contribution in [0.5, 0.6) is 5.75 Å². The summed E-state index contributed by atoms with van der Waals surface area (Å²) >= 11 is 0. The number of aromatic nitrogens is 1. The summed E-state index contributed by atoms with van der Waals surface area (Å²) in [6.45, 7) is 6.10. The van der Waals surface area contributed by atoms with Crippen LogP contribution in [0.4, 0.5) is 0 Å². The molecule has 1 saturated carbocycles. The fourth-order valence-electron chi connectivity index (χ4n) is 2.70. The van der Waals surface area contributed by atoms with Crippen molar-refractivity contribution in [3.8, 4) is 5.75 Å². The average Bonchev–Trinajstić information content (AvgIpc) is 3.26. The second kappa shape index (κ2) is 7.63. The van der Waals surface area contributed by atoms with Gasteiger partial charge in [0.15, 0.2) is 0 Å². The Morgan fingerprint density at radius 3 is 2.80 bits per heavy atom. The molecule has 1 aliphatic rings. The van der Waals surface area contributed by atoms with Gasteiger partial charge in [0, 0.05) is 19.9 Å². The lowest BCUT2D eigenvalue weighted by Crippen LogP contribution is -2.10. The maximum Gasteiger partial charge on any atom is 0.137 e. The van der Waals surface area contributed by atoms with Crippen LogP contribution in [0, 0.1) is 11.8 Å². The van der Waals surface area contributed by atoms with E-state index in [2.05, 4.69) is 24.9 Å². The molecule has 20 heavy (non-hydrogen) atoms. The summed E-state index contributed by atoms with van der Waals surface area (Å²) in [5, 5.41) is 0. The van der Waals surface area contributed by atoms with Crippen LogP contribution in [0.2, 0.25) is 0 Å². The molecule has 0 aliphatic heterocycles. The van der Waals surface area contributed by atoms with E-state index in [1.165, 1.54) is 24.8 Å². The standard InChI is InChI=1S/C17H27NO2/c1-4-13(5-2)12-20-16-8-15(10-18-11-16)17-9-14(17)6-7-19-3/h8,10-11,13-14,17H,4-7,9,12H2,1-3H3. The summed E-state index contributed by atoms with van der Waals surface area (Å²) < 4.78 is 11.0. The molecule has 2 rings (SSSR count). The summed E-state index contributed by atoms with van der Waals surface area (Å²) in [5.41, 5.74) is 1.33. The van der Waals surface area contributed by atoms with E-state index in [4.69, 9.17) is 9.47 Å². The molecule has 0 N–H and O–H groups in total. The Labute approximate surface area is 122 Å². The molecule has 0 spiro atoms. The molecule has 0 amide bonds. The van der Waals surface area contributed by atoms with E-state index < -0.39 is 0 Å². The van der Waals surface area contributed by atoms with Crippen LogP contribution in [-0.2, 0) is 4.74 Å². The highest BCUT2D eigenvalue weighted by Gasteiger charge is 2.37. The monoisotopic (exact) mass is 277 g/mol. The van der Waals surface area contributed by atoms with E-state index in [0.717, 1.165) is 31.3 Å². The third-order valence-electron chi connectivity index (χ3n) is 4.42. The molecule has 0 saturated heterocycles. The van der Waals surface area contributed by atoms with Crippen molar-refractivity contribution >= 4 is 0 Å². The fraction of sp³-hybridized carbons (Fsp3) is 0.706. The highest BCUT2D eigenvalue weighted by Crippen LogP contribution is 2.49. The zero-order valence-corrected chi connectivity index (χ0v) is 13.0. The first-order chi connectivity index (χ1) is 9.78. The molecule has 3 heteroatoms. The summed E-state index contributed by atoms with van der Waals surface area (Å²) in [6, 6.07) is 2.17. The number of methoxy groups -OCH3 is 1. The topological polar surface area (TPSA) is 31.4 Å². The predicted octanol–water partition coefficient (Wildman–Crippen LogP) is 4.04. The van der Waals surface area contributed by atoms with Gasteiger partial charge in [0.1, 0.15) is 5.75 Å². The van der Waals surface area contributed by atoms with Crippen molar-refractivity contribution in [2.45, 2.75) is 45.4 Å². The lowest BCUT2D eigenvalue weighted by Gasteiger charge is -2.14. The Morgan fingerprint density at radius 1 is 1.30 bits per heavy atom. The van der Waals surface area contributed by atoms with E-state index in [-0.39, 0.29) is 0 Å². The van der Waals surface area contributed by atoms with Crippen LogP contribution in [-0.4, -0.2) is 25.3 Å². The number of ether oxygens (including phenoxy) is 2. The van der Waals surface area contributed by atoms with Gasteiger partial charge in [-0.1, -0.05) is 26.7 Å². The van der Waals surface area contributed by atoms with Gasteiger partial charge in [0.05, 0.1) is 12.8 Å². The lowest BCUT2D eigenvalue weighted by atomic mass is 10.1. The Morgan fingerprint density at radius 2 is 2.10 bits per heavy atom. The van der Waals surface area contributed by atoms with Crippen LogP contribution in [0.1, 0.15) is 51.0 Å². The smallest absolute Gasteiger partial charge is 0.137 e. The van der Waals surface area contributed by atoms with Gasteiger partial charge in [0.2, 0.25) is 0 Å². The van der Waals surface area contributed by atoms with Gasteiger partial charge in [-0.05, 0) is 42.2 Å². The Balaban J connectivity index is 1.86. The van der Waals surface area contributed by atoms with E-state index in [9.17, 15) is 0 Å². The molecule has 3 nitrogen and oxygen atoms in total. The third-order valence-corrected chi connectivity index (χ3v) is 4.42. The van der Waals surface area contributed by atoms with Crippen molar-refractivity contribution in [3.63, 3.8) is 0 Å². The van der Waals surface area contributed by atoms with Gasteiger partial charge in [0.25, 0.3) is 0 Å². The molecule has 2 unspecified atom stereocenters. The van der Waals surface area contributed by atoms with Crippen LogP contribution in [0.3, 0.4) is 0 Å². The first-order valence-electron chi connectivity index (χ1n) is 7.85. The maximum absolute atomic E-state index is 5.90. The third kappa shape index (κ3) is 4.20. The minimum absolute atomic E-state index is 0.647. The predicted molar refractivity (Wildman–Crippen MR) is 81.1 cm³/mol. The minimum Gasteiger partial charge on any atom is -0.492 e. The zero-order chi connectivity index (χ0) is 14.4. The Kier molecular flexibility index (Phi) is 5.84. The number of nitrogens with zero attached hydrogens (tertiary/aromatic N) is 1. The molecule has 1 aromatic rings. The van der Waals surface area contributed by atoms with E-state index in [1.807, 2.05) is 12.4 Å². The first kappa shape index (κ1) is 15.3. The average molecular weight is 277 g/mol. The molecule has 0 radical (unpaired) electrons. The molecular weight excluding hydrogens is 250 g/mol. The van der Waals surface area contributed by atoms with E-state index in [1.54, 1.807) is 7.11 Å². The quantitative estimate of drug-likeness (QED) is 0.682. The number of hydrogen-bond donors (Lipinski definition) is 0. The summed E-state index contributed by atoms with van der Waals surface area (Å²) in [6.07, 6.45) is 8.58. The normalized spacial score (nSPS) is 21.2. The van der Waals surface area contributed by atoms with Gasteiger partial charge in [-0.15, -0.1) is 0 Å². The van der Waals surface area contributed by atoms with Crippen molar-refractivity contribution in [3.05, 3.63) is 24.0 Å². The number of hydrogen-bond acceptors (Lipinski definition) is 3. The first-order valence-corrected chi connectivity index (χ1v) is 7.85. The highest BCUT2D eigenvalue weighted by molar-refractivity contribution is 5.30. The molecule has 1 aliphatic carbocycles. The van der Waals surface area contributed by atoms with Crippen LogP contribution >= 0.6 is 0 Å². The summed E-state index contributed by atoms with van der Waals surface area (Å²) in [5.74, 6) is 3.00. The minimum atomic E-state index is 0.647. The highest BCUT2D eigenvalue weighted by atomic mass is 16.5. The second-order valence-electron chi connectivity index (χ2n) is 5.83. The Bertz CT molecular complexity index is 404. The molecule has 2 atom stereocenters.